The van der Waals surface area contributed by atoms with E-state index in [0.717, 1.165) is 36.2 Å². The van der Waals surface area contributed by atoms with Gasteiger partial charge in [-0.3, -0.25) is 4.79 Å². The fourth-order valence-corrected chi connectivity index (χ4v) is 4.07. The third-order valence-corrected chi connectivity index (χ3v) is 5.66. The number of hydrogen-bond donors (Lipinski definition) is 0. The Hall–Kier alpha value is -3.23. The van der Waals surface area contributed by atoms with Crippen LogP contribution < -0.4 is 4.90 Å². The van der Waals surface area contributed by atoms with Crippen LogP contribution >= 0.6 is 0 Å². The van der Waals surface area contributed by atoms with Gasteiger partial charge in [0.1, 0.15) is 11.3 Å². The van der Waals surface area contributed by atoms with Crippen LogP contribution in [0.1, 0.15) is 65.4 Å². The molecule has 9 heteroatoms. The molecule has 0 N–H and O–H groups in total. The van der Waals surface area contributed by atoms with Crippen LogP contribution in [0.3, 0.4) is 0 Å². The summed E-state index contributed by atoms with van der Waals surface area (Å²) in [4.78, 5) is 26.7. The van der Waals surface area contributed by atoms with Gasteiger partial charge in [0.15, 0.2) is 5.76 Å². The van der Waals surface area contributed by atoms with Gasteiger partial charge in [-0.2, -0.15) is 0 Å². The zero-order valence-electron chi connectivity index (χ0n) is 18.7. The third-order valence-electron chi connectivity index (χ3n) is 5.66. The summed E-state index contributed by atoms with van der Waals surface area (Å²) in [6.07, 6.45) is 5.15. The van der Waals surface area contributed by atoms with Crippen molar-refractivity contribution in [3.05, 3.63) is 40.7 Å². The summed E-state index contributed by atoms with van der Waals surface area (Å²) in [6.45, 7) is 6.28. The average molecular weight is 425 g/mol. The van der Waals surface area contributed by atoms with Gasteiger partial charge in [0.25, 0.3) is 5.91 Å². The van der Waals surface area contributed by atoms with Crippen LogP contribution in [0.2, 0.25) is 0 Å². The number of aromatic nitrogens is 4. The molecule has 0 spiro atoms. The third kappa shape index (κ3) is 3.92. The Morgan fingerprint density at radius 3 is 2.71 bits per heavy atom. The number of hydrogen-bond acceptors (Lipinski definition) is 8. The second-order valence-corrected chi connectivity index (χ2v) is 8.12. The van der Waals surface area contributed by atoms with E-state index in [0.29, 0.717) is 41.7 Å². The van der Waals surface area contributed by atoms with Crippen molar-refractivity contribution in [3.63, 3.8) is 0 Å². The smallest absolute Gasteiger partial charge is 0.259 e. The summed E-state index contributed by atoms with van der Waals surface area (Å²) in [5.41, 5.74) is 3.56. The lowest BCUT2D eigenvalue weighted by Gasteiger charge is -2.36. The lowest BCUT2D eigenvalue weighted by Crippen LogP contribution is -2.39. The summed E-state index contributed by atoms with van der Waals surface area (Å²) < 4.78 is 10.9. The minimum absolute atomic E-state index is 0.0648. The quantitative estimate of drug-likeness (QED) is 0.611. The Morgan fingerprint density at radius 2 is 2.03 bits per heavy atom. The molecule has 0 aromatic carbocycles. The van der Waals surface area contributed by atoms with Crippen LogP contribution in [0.5, 0.6) is 0 Å². The molecule has 1 saturated heterocycles. The molecular weight excluding hydrogens is 396 g/mol. The van der Waals surface area contributed by atoms with Crippen molar-refractivity contribution in [2.24, 2.45) is 0 Å². The van der Waals surface area contributed by atoms with E-state index in [4.69, 9.17) is 14.0 Å². The molecule has 3 aromatic rings. The van der Waals surface area contributed by atoms with Crippen molar-refractivity contribution < 1.29 is 13.8 Å². The molecule has 1 aliphatic rings. The fourth-order valence-electron chi connectivity index (χ4n) is 4.07. The highest BCUT2D eigenvalue weighted by Gasteiger charge is 2.35. The maximum atomic E-state index is 13.7. The largest absolute Gasteiger partial charge is 0.361 e. The Labute approximate surface area is 181 Å². The van der Waals surface area contributed by atoms with E-state index in [2.05, 4.69) is 15.3 Å². The first kappa shape index (κ1) is 21.0. The molecular formula is C22H28N6O3. The predicted octanol–water partition coefficient (Wildman–Crippen LogP) is 3.73. The van der Waals surface area contributed by atoms with E-state index in [-0.39, 0.29) is 11.9 Å². The molecule has 3 aromatic heterocycles. The number of carbonyl (C=O) groups excluding carboxylic acids is 1. The lowest BCUT2D eigenvalue weighted by molar-refractivity contribution is 0.0603. The number of likely N-dealkylation sites (tertiary alicyclic amines) is 1. The van der Waals surface area contributed by atoms with Crippen LogP contribution in [0, 0.1) is 13.8 Å². The van der Waals surface area contributed by atoms with E-state index in [1.54, 1.807) is 13.1 Å². The Bertz CT molecular complexity index is 1090. The number of carbonyl (C=O) groups is 1. The zero-order valence-corrected chi connectivity index (χ0v) is 18.7. The van der Waals surface area contributed by atoms with Gasteiger partial charge in [0.2, 0.25) is 5.95 Å². The first-order valence-corrected chi connectivity index (χ1v) is 10.6. The molecule has 1 fully saturated rings. The summed E-state index contributed by atoms with van der Waals surface area (Å²) in [7, 11) is 3.80. The van der Waals surface area contributed by atoms with Crippen LogP contribution in [0.25, 0.3) is 11.3 Å². The molecule has 0 radical (unpaired) electrons. The van der Waals surface area contributed by atoms with Crippen molar-refractivity contribution in [1.82, 2.24) is 25.2 Å². The lowest BCUT2D eigenvalue weighted by atomic mass is 9.94. The van der Waals surface area contributed by atoms with Crippen molar-refractivity contribution in [1.29, 1.82) is 0 Å². The summed E-state index contributed by atoms with van der Waals surface area (Å²) in [5, 5.41) is 8.10. The van der Waals surface area contributed by atoms with Gasteiger partial charge in [-0.25, -0.2) is 9.97 Å². The van der Waals surface area contributed by atoms with Crippen molar-refractivity contribution in [3.8, 4) is 11.3 Å². The van der Waals surface area contributed by atoms with E-state index in [9.17, 15) is 4.79 Å². The highest BCUT2D eigenvalue weighted by Crippen LogP contribution is 2.37. The predicted molar refractivity (Wildman–Crippen MR) is 115 cm³/mol. The minimum atomic E-state index is -0.206. The van der Waals surface area contributed by atoms with Crippen LogP contribution in [-0.4, -0.2) is 51.7 Å². The maximum Gasteiger partial charge on any atom is 0.259 e. The van der Waals surface area contributed by atoms with E-state index >= 15 is 0 Å². The molecule has 0 aliphatic carbocycles. The molecule has 1 unspecified atom stereocenters. The first-order chi connectivity index (χ1) is 14.9. The Morgan fingerprint density at radius 1 is 1.23 bits per heavy atom. The first-order valence-electron chi connectivity index (χ1n) is 10.6. The Balaban J connectivity index is 1.81. The van der Waals surface area contributed by atoms with Gasteiger partial charge in [0, 0.05) is 32.9 Å². The van der Waals surface area contributed by atoms with Gasteiger partial charge in [-0.1, -0.05) is 17.2 Å². The molecule has 1 atom stereocenters. The molecule has 1 amide bonds. The SMILES string of the molecule is CCc1noc(C)c1C(=O)N1CCCCC1c1nc(N(C)C)ncc1-c1cc(C)no1. The Kier molecular flexibility index (Phi) is 5.75. The van der Waals surface area contributed by atoms with Gasteiger partial charge in [-0.15, -0.1) is 0 Å². The zero-order chi connectivity index (χ0) is 22.1. The van der Waals surface area contributed by atoms with Crippen LogP contribution in [-0.2, 0) is 6.42 Å². The monoisotopic (exact) mass is 424 g/mol. The number of aryl methyl sites for hydroxylation is 3. The van der Waals surface area contributed by atoms with Gasteiger partial charge in [-0.05, 0) is 39.5 Å². The summed E-state index contributed by atoms with van der Waals surface area (Å²) in [6, 6.07) is 1.66. The van der Waals surface area contributed by atoms with E-state index < -0.39 is 0 Å². The summed E-state index contributed by atoms with van der Waals surface area (Å²) in [5.74, 6) is 1.67. The van der Waals surface area contributed by atoms with Gasteiger partial charge in [0.05, 0.1) is 28.7 Å². The molecule has 4 rings (SSSR count). The molecule has 0 bridgehead atoms. The van der Waals surface area contributed by atoms with Crippen molar-refractivity contribution in [2.45, 2.75) is 52.5 Å². The number of amides is 1. The van der Waals surface area contributed by atoms with Gasteiger partial charge >= 0.3 is 0 Å². The molecule has 1 aliphatic heterocycles. The standard InChI is InChI=1S/C22H28N6O3/c1-6-16-19(14(3)30-26-16)21(29)28-10-8-7-9-17(28)20-15(18-11-13(2)25-31-18)12-23-22(24-20)27(4)5/h11-12,17H,6-10H2,1-5H3. The second-order valence-electron chi connectivity index (χ2n) is 8.12. The van der Waals surface area contributed by atoms with Crippen LogP contribution in [0.4, 0.5) is 5.95 Å². The van der Waals surface area contributed by atoms with Crippen molar-refractivity contribution >= 4 is 11.9 Å². The number of rotatable bonds is 5. The van der Waals surface area contributed by atoms with Crippen LogP contribution in [0.15, 0.2) is 21.3 Å². The van der Waals surface area contributed by atoms with E-state index in [1.165, 1.54) is 0 Å². The maximum absolute atomic E-state index is 13.7. The average Bonchev–Trinajstić information content (AvgIpc) is 3.37. The normalized spacial score (nSPS) is 16.5. The highest BCUT2D eigenvalue weighted by molar-refractivity contribution is 5.96. The number of nitrogens with zero attached hydrogens (tertiary/aromatic N) is 6. The second kappa shape index (κ2) is 8.49. The van der Waals surface area contributed by atoms with E-state index in [1.807, 2.05) is 43.8 Å². The molecule has 31 heavy (non-hydrogen) atoms. The van der Waals surface area contributed by atoms with Crippen molar-refractivity contribution in [2.75, 3.05) is 25.5 Å². The molecule has 4 heterocycles. The summed E-state index contributed by atoms with van der Waals surface area (Å²) >= 11 is 0. The van der Waals surface area contributed by atoms with Gasteiger partial charge < -0.3 is 18.8 Å². The topological polar surface area (TPSA) is 101 Å². The number of anilines is 1. The molecule has 9 nitrogen and oxygen atoms in total. The fraction of sp³-hybridized carbons (Fsp3) is 0.500. The molecule has 164 valence electrons. The number of piperidine rings is 1. The highest BCUT2D eigenvalue weighted by atomic mass is 16.5. The molecule has 0 saturated carbocycles. The minimum Gasteiger partial charge on any atom is -0.361 e.